The number of hydrogen-bond donors (Lipinski definition) is 3. The number of aromatic nitrogens is 2. The van der Waals surface area contributed by atoms with Crippen LogP contribution in [0.5, 0.6) is 0 Å². The molecule has 8 heteroatoms. The van der Waals surface area contributed by atoms with E-state index >= 15 is 0 Å². The third kappa shape index (κ3) is 3.45. The first-order chi connectivity index (χ1) is 11.9. The Hall–Kier alpha value is -2.58. The third-order valence-electron chi connectivity index (χ3n) is 4.44. The van der Waals surface area contributed by atoms with Crippen LogP contribution in [0.3, 0.4) is 0 Å². The second-order valence-corrected chi connectivity index (χ2v) is 6.36. The maximum atomic E-state index is 12.4. The highest BCUT2D eigenvalue weighted by molar-refractivity contribution is 5.61. The SMILES string of the molecule is Cn1c(=O)c(NCC2(O)CCOC2)c(N)n(Cc2ccccc2)c1=O. The fraction of sp³-hybridized carbons (Fsp3) is 0.412. The number of rotatable bonds is 5. The summed E-state index contributed by atoms with van der Waals surface area (Å²) in [5.41, 5.74) is 5.06. The minimum atomic E-state index is -1.04. The average molecular weight is 346 g/mol. The quantitative estimate of drug-likeness (QED) is 0.688. The van der Waals surface area contributed by atoms with Crippen LogP contribution in [-0.4, -0.2) is 39.6 Å². The summed E-state index contributed by atoms with van der Waals surface area (Å²) in [7, 11) is 1.41. The molecule has 0 aliphatic carbocycles. The molecule has 25 heavy (non-hydrogen) atoms. The van der Waals surface area contributed by atoms with Crippen molar-refractivity contribution in [1.29, 1.82) is 0 Å². The fourth-order valence-corrected chi connectivity index (χ4v) is 2.86. The molecular formula is C17H22N4O4. The molecule has 0 saturated carbocycles. The Morgan fingerprint density at radius 3 is 2.68 bits per heavy atom. The molecule has 3 rings (SSSR count). The van der Waals surface area contributed by atoms with E-state index in [4.69, 9.17) is 10.5 Å². The lowest BCUT2D eigenvalue weighted by molar-refractivity contribution is 0.0382. The Labute approximate surface area is 144 Å². The van der Waals surface area contributed by atoms with E-state index in [0.717, 1.165) is 10.1 Å². The summed E-state index contributed by atoms with van der Waals surface area (Å²) in [6.07, 6.45) is 0.476. The lowest BCUT2D eigenvalue weighted by Gasteiger charge is -2.23. The van der Waals surface area contributed by atoms with Gasteiger partial charge in [0.1, 0.15) is 17.1 Å². The van der Waals surface area contributed by atoms with Gasteiger partial charge in [-0.2, -0.15) is 0 Å². The average Bonchev–Trinajstić information content (AvgIpc) is 3.04. The lowest BCUT2D eigenvalue weighted by atomic mass is 10.0. The monoisotopic (exact) mass is 346 g/mol. The lowest BCUT2D eigenvalue weighted by Crippen LogP contribution is -2.43. The van der Waals surface area contributed by atoms with E-state index in [1.54, 1.807) is 0 Å². The van der Waals surface area contributed by atoms with Crippen molar-refractivity contribution in [3.63, 3.8) is 0 Å². The van der Waals surface area contributed by atoms with Gasteiger partial charge in [-0.05, 0) is 5.56 Å². The first-order valence-electron chi connectivity index (χ1n) is 8.08. The number of nitrogens with zero attached hydrogens (tertiary/aromatic N) is 2. The molecule has 1 aromatic carbocycles. The molecule has 1 atom stereocenters. The molecule has 2 heterocycles. The van der Waals surface area contributed by atoms with E-state index in [2.05, 4.69) is 5.32 Å². The largest absolute Gasteiger partial charge is 0.386 e. The smallest absolute Gasteiger partial charge is 0.332 e. The van der Waals surface area contributed by atoms with E-state index in [-0.39, 0.29) is 31.2 Å². The summed E-state index contributed by atoms with van der Waals surface area (Å²) in [5, 5.41) is 13.3. The Balaban J connectivity index is 1.95. The maximum Gasteiger partial charge on any atom is 0.332 e. The van der Waals surface area contributed by atoms with Crippen molar-refractivity contribution in [1.82, 2.24) is 9.13 Å². The maximum absolute atomic E-state index is 12.4. The van der Waals surface area contributed by atoms with Gasteiger partial charge in [0, 0.05) is 26.6 Å². The molecule has 0 bridgehead atoms. The molecule has 1 aliphatic heterocycles. The van der Waals surface area contributed by atoms with Crippen molar-refractivity contribution in [3.05, 3.63) is 56.7 Å². The number of anilines is 2. The van der Waals surface area contributed by atoms with Crippen molar-refractivity contribution in [2.75, 3.05) is 30.8 Å². The van der Waals surface area contributed by atoms with Crippen LogP contribution < -0.4 is 22.3 Å². The normalized spacial score (nSPS) is 19.9. The Kier molecular flexibility index (Phi) is 4.65. The topological polar surface area (TPSA) is 112 Å². The Morgan fingerprint density at radius 1 is 1.32 bits per heavy atom. The number of nitrogens with one attached hydrogen (secondary N) is 1. The second kappa shape index (κ2) is 6.73. The summed E-state index contributed by atoms with van der Waals surface area (Å²) >= 11 is 0. The molecule has 1 fully saturated rings. The molecule has 1 unspecified atom stereocenters. The van der Waals surface area contributed by atoms with Crippen LogP contribution in [0.4, 0.5) is 11.5 Å². The third-order valence-corrected chi connectivity index (χ3v) is 4.44. The van der Waals surface area contributed by atoms with Gasteiger partial charge in [-0.3, -0.25) is 13.9 Å². The van der Waals surface area contributed by atoms with Crippen LogP contribution in [0.2, 0.25) is 0 Å². The molecular weight excluding hydrogens is 324 g/mol. The second-order valence-electron chi connectivity index (χ2n) is 6.36. The van der Waals surface area contributed by atoms with E-state index in [1.165, 1.54) is 11.6 Å². The van der Waals surface area contributed by atoms with E-state index in [9.17, 15) is 14.7 Å². The summed E-state index contributed by atoms with van der Waals surface area (Å²) in [5.74, 6) is 0.0551. The van der Waals surface area contributed by atoms with Gasteiger partial charge >= 0.3 is 5.69 Å². The highest BCUT2D eigenvalue weighted by atomic mass is 16.5. The first kappa shape index (κ1) is 17.2. The molecule has 8 nitrogen and oxygen atoms in total. The van der Waals surface area contributed by atoms with Gasteiger partial charge in [-0.15, -0.1) is 0 Å². The number of ether oxygens (including phenoxy) is 1. The number of hydrogen-bond acceptors (Lipinski definition) is 6. The highest BCUT2D eigenvalue weighted by Gasteiger charge is 2.32. The van der Waals surface area contributed by atoms with Crippen LogP contribution in [0, 0.1) is 0 Å². The number of nitrogen functional groups attached to an aromatic ring is 1. The molecule has 1 aromatic heterocycles. The van der Waals surface area contributed by atoms with Crippen LogP contribution in [0.15, 0.2) is 39.9 Å². The van der Waals surface area contributed by atoms with Crippen molar-refractivity contribution in [3.8, 4) is 0 Å². The summed E-state index contributed by atoms with van der Waals surface area (Å²) in [4.78, 5) is 24.9. The predicted octanol–water partition coefficient (Wildman–Crippen LogP) is -0.259. The number of nitrogens with two attached hydrogens (primary N) is 1. The zero-order chi connectivity index (χ0) is 18.0. The number of aliphatic hydroxyl groups is 1. The van der Waals surface area contributed by atoms with Gasteiger partial charge in [0.15, 0.2) is 0 Å². The zero-order valence-corrected chi connectivity index (χ0v) is 14.1. The van der Waals surface area contributed by atoms with E-state index < -0.39 is 16.9 Å². The molecule has 0 amide bonds. The van der Waals surface area contributed by atoms with Gasteiger partial charge in [0.05, 0.1) is 13.2 Å². The summed E-state index contributed by atoms with van der Waals surface area (Å²) in [6, 6.07) is 9.37. The summed E-state index contributed by atoms with van der Waals surface area (Å²) in [6.45, 7) is 1.04. The molecule has 1 saturated heterocycles. The molecule has 2 aromatic rings. The fourth-order valence-electron chi connectivity index (χ4n) is 2.86. The zero-order valence-electron chi connectivity index (χ0n) is 14.1. The standard InChI is InChI=1S/C17H22N4O4/c1-20-15(22)13(19-10-17(24)7-8-25-11-17)14(18)21(16(20)23)9-12-5-3-2-4-6-12/h2-6,19,24H,7-11,18H2,1H3. The highest BCUT2D eigenvalue weighted by Crippen LogP contribution is 2.20. The predicted molar refractivity (Wildman–Crippen MR) is 94.8 cm³/mol. The van der Waals surface area contributed by atoms with Gasteiger partial charge < -0.3 is 20.9 Å². The van der Waals surface area contributed by atoms with Gasteiger partial charge in [0.25, 0.3) is 5.56 Å². The Bertz CT molecular complexity index is 867. The minimum Gasteiger partial charge on any atom is -0.386 e. The van der Waals surface area contributed by atoms with Crippen LogP contribution in [0.25, 0.3) is 0 Å². The van der Waals surface area contributed by atoms with Crippen molar-refractivity contribution >= 4 is 11.5 Å². The van der Waals surface area contributed by atoms with Crippen LogP contribution >= 0.6 is 0 Å². The Morgan fingerprint density at radius 2 is 2.04 bits per heavy atom. The van der Waals surface area contributed by atoms with Gasteiger partial charge in [-0.1, -0.05) is 30.3 Å². The minimum absolute atomic E-state index is 0.0551. The number of benzene rings is 1. The molecule has 1 aliphatic rings. The summed E-state index contributed by atoms with van der Waals surface area (Å²) < 4.78 is 7.55. The van der Waals surface area contributed by atoms with Crippen molar-refractivity contribution in [2.24, 2.45) is 7.05 Å². The molecule has 0 radical (unpaired) electrons. The van der Waals surface area contributed by atoms with Crippen LogP contribution in [0.1, 0.15) is 12.0 Å². The first-order valence-corrected chi connectivity index (χ1v) is 8.08. The van der Waals surface area contributed by atoms with Crippen molar-refractivity contribution in [2.45, 2.75) is 18.6 Å². The van der Waals surface area contributed by atoms with Crippen molar-refractivity contribution < 1.29 is 9.84 Å². The van der Waals surface area contributed by atoms with Gasteiger partial charge in [0.2, 0.25) is 0 Å². The molecule has 134 valence electrons. The van der Waals surface area contributed by atoms with E-state index in [1.807, 2.05) is 30.3 Å². The molecule has 0 spiro atoms. The molecule has 4 N–H and O–H groups in total. The van der Waals surface area contributed by atoms with E-state index in [0.29, 0.717) is 13.0 Å². The van der Waals surface area contributed by atoms with Gasteiger partial charge in [-0.25, -0.2) is 4.79 Å². The van der Waals surface area contributed by atoms with Crippen LogP contribution in [-0.2, 0) is 18.3 Å².